The maximum absolute atomic E-state index is 3.98. The van der Waals surface area contributed by atoms with E-state index in [0.717, 1.165) is 17.9 Å². The zero-order valence-corrected chi connectivity index (χ0v) is 12.6. The van der Waals surface area contributed by atoms with Gasteiger partial charge in [-0.05, 0) is 57.5 Å². The van der Waals surface area contributed by atoms with Crippen molar-refractivity contribution in [2.24, 2.45) is 11.8 Å². The fourth-order valence-electron chi connectivity index (χ4n) is 3.51. The van der Waals surface area contributed by atoms with E-state index in [9.17, 15) is 0 Å². The van der Waals surface area contributed by atoms with Gasteiger partial charge in [0.1, 0.15) is 0 Å². The van der Waals surface area contributed by atoms with Gasteiger partial charge in [0.2, 0.25) is 0 Å². The Morgan fingerprint density at radius 1 is 1.00 bits per heavy atom. The van der Waals surface area contributed by atoms with Crippen LogP contribution in [0, 0.1) is 11.8 Å². The van der Waals surface area contributed by atoms with Crippen molar-refractivity contribution in [2.75, 3.05) is 19.6 Å². The minimum Gasteiger partial charge on any atom is -0.310 e. The molecule has 0 aromatic rings. The Balaban J connectivity index is 1.79. The fraction of sp³-hybridized carbons (Fsp3) is 1.00. The van der Waals surface area contributed by atoms with E-state index >= 15 is 0 Å². The van der Waals surface area contributed by atoms with E-state index in [1.54, 1.807) is 0 Å². The predicted octanol–water partition coefficient (Wildman–Crippen LogP) is 3.28. The molecule has 0 spiro atoms. The number of nitrogens with one attached hydrogen (secondary N) is 1. The Morgan fingerprint density at radius 3 is 1.83 bits per heavy atom. The summed E-state index contributed by atoms with van der Waals surface area (Å²) < 4.78 is 0. The fourth-order valence-corrected chi connectivity index (χ4v) is 3.51. The second-order valence-corrected chi connectivity index (χ2v) is 6.46. The van der Waals surface area contributed by atoms with Crippen LogP contribution in [0.15, 0.2) is 0 Å². The van der Waals surface area contributed by atoms with Crippen molar-refractivity contribution in [3.8, 4) is 0 Å². The van der Waals surface area contributed by atoms with Gasteiger partial charge in [-0.25, -0.2) is 0 Å². The maximum Gasteiger partial charge on any atom is 0.0169 e. The van der Waals surface area contributed by atoms with E-state index < -0.39 is 0 Å². The third-order valence-corrected chi connectivity index (χ3v) is 5.22. The second kappa shape index (κ2) is 6.91. The van der Waals surface area contributed by atoms with Gasteiger partial charge >= 0.3 is 0 Å². The first-order valence-electron chi connectivity index (χ1n) is 8.23. The van der Waals surface area contributed by atoms with Crippen molar-refractivity contribution in [3.63, 3.8) is 0 Å². The third kappa shape index (κ3) is 3.48. The van der Waals surface area contributed by atoms with Crippen molar-refractivity contribution in [3.05, 3.63) is 0 Å². The molecule has 2 heteroatoms. The molecule has 2 fully saturated rings. The van der Waals surface area contributed by atoms with Crippen LogP contribution in [0.4, 0.5) is 0 Å². The van der Waals surface area contributed by atoms with Gasteiger partial charge in [-0.1, -0.05) is 26.7 Å². The summed E-state index contributed by atoms with van der Waals surface area (Å²) in [6, 6.07) is 1.48. The Bertz CT molecular complexity index is 215. The Labute approximate surface area is 114 Å². The van der Waals surface area contributed by atoms with Gasteiger partial charge < -0.3 is 10.2 Å². The number of hydrogen-bond acceptors (Lipinski definition) is 2. The molecule has 0 bridgehead atoms. The van der Waals surface area contributed by atoms with E-state index in [2.05, 4.69) is 31.0 Å². The van der Waals surface area contributed by atoms with Gasteiger partial charge in [-0.15, -0.1) is 0 Å². The summed E-state index contributed by atoms with van der Waals surface area (Å²) >= 11 is 0. The molecule has 0 heterocycles. The lowest BCUT2D eigenvalue weighted by Gasteiger charge is -2.44. The normalized spacial score (nSPS) is 23.2. The van der Waals surface area contributed by atoms with Crippen LogP contribution in [0.25, 0.3) is 0 Å². The summed E-state index contributed by atoms with van der Waals surface area (Å²) in [5.41, 5.74) is 0. The van der Waals surface area contributed by atoms with Crippen LogP contribution in [-0.4, -0.2) is 36.6 Å². The van der Waals surface area contributed by atoms with Crippen molar-refractivity contribution in [1.82, 2.24) is 10.2 Å². The van der Waals surface area contributed by atoms with Crippen LogP contribution in [0.3, 0.4) is 0 Å². The first-order valence-corrected chi connectivity index (χ1v) is 8.23. The van der Waals surface area contributed by atoms with E-state index in [-0.39, 0.29) is 0 Å². The molecule has 2 rings (SSSR count). The molecule has 0 radical (unpaired) electrons. The SMILES string of the molecule is CCN(CC)CC(C)NC(C1CCC1)C1CCC1. The van der Waals surface area contributed by atoms with E-state index in [4.69, 9.17) is 0 Å². The summed E-state index contributed by atoms with van der Waals surface area (Å²) in [7, 11) is 0. The molecule has 0 amide bonds. The molecule has 1 atom stereocenters. The number of likely N-dealkylation sites (N-methyl/N-ethyl adjacent to an activating group) is 1. The molecule has 2 saturated carbocycles. The average molecular weight is 252 g/mol. The number of nitrogens with zero attached hydrogens (tertiary/aromatic N) is 1. The van der Waals surface area contributed by atoms with Gasteiger partial charge in [0.15, 0.2) is 0 Å². The summed E-state index contributed by atoms with van der Waals surface area (Å²) in [5.74, 6) is 1.99. The second-order valence-electron chi connectivity index (χ2n) is 6.46. The highest BCUT2D eigenvalue weighted by atomic mass is 15.1. The van der Waals surface area contributed by atoms with Crippen LogP contribution in [0.2, 0.25) is 0 Å². The van der Waals surface area contributed by atoms with Crippen molar-refractivity contribution < 1.29 is 0 Å². The zero-order chi connectivity index (χ0) is 13.0. The molecular weight excluding hydrogens is 220 g/mol. The molecule has 0 aromatic heterocycles. The van der Waals surface area contributed by atoms with Gasteiger partial charge in [-0.2, -0.15) is 0 Å². The van der Waals surface area contributed by atoms with Gasteiger partial charge in [0.05, 0.1) is 0 Å². The molecule has 2 aliphatic rings. The van der Waals surface area contributed by atoms with Gasteiger partial charge in [-0.3, -0.25) is 0 Å². The van der Waals surface area contributed by atoms with E-state index in [1.807, 2.05) is 0 Å². The smallest absolute Gasteiger partial charge is 0.0169 e. The Kier molecular flexibility index (Phi) is 5.50. The zero-order valence-electron chi connectivity index (χ0n) is 12.6. The summed E-state index contributed by atoms with van der Waals surface area (Å²) in [4.78, 5) is 2.54. The maximum atomic E-state index is 3.98. The van der Waals surface area contributed by atoms with Gasteiger partial charge in [0, 0.05) is 18.6 Å². The quantitative estimate of drug-likeness (QED) is 0.713. The Hall–Kier alpha value is -0.0800. The molecular formula is C16H32N2. The molecule has 0 saturated heterocycles. The molecule has 106 valence electrons. The molecule has 2 nitrogen and oxygen atoms in total. The standard InChI is InChI=1S/C16H32N2/c1-4-18(5-2)12-13(3)17-16(14-8-6-9-14)15-10-7-11-15/h13-17H,4-12H2,1-3H3. The summed E-state index contributed by atoms with van der Waals surface area (Å²) in [5, 5.41) is 3.98. The Morgan fingerprint density at radius 2 is 1.50 bits per heavy atom. The highest BCUT2D eigenvalue weighted by Crippen LogP contribution is 2.40. The molecule has 1 N–H and O–H groups in total. The number of hydrogen-bond donors (Lipinski definition) is 1. The van der Waals surface area contributed by atoms with Crippen LogP contribution in [0.5, 0.6) is 0 Å². The predicted molar refractivity (Wildman–Crippen MR) is 78.9 cm³/mol. The lowest BCUT2D eigenvalue weighted by Crippen LogP contribution is -2.52. The largest absolute Gasteiger partial charge is 0.310 e. The van der Waals surface area contributed by atoms with E-state index in [1.165, 1.54) is 58.2 Å². The lowest BCUT2D eigenvalue weighted by molar-refractivity contribution is 0.108. The third-order valence-electron chi connectivity index (χ3n) is 5.22. The topological polar surface area (TPSA) is 15.3 Å². The molecule has 1 unspecified atom stereocenters. The van der Waals surface area contributed by atoms with Crippen LogP contribution in [0.1, 0.15) is 59.3 Å². The first kappa shape index (κ1) is 14.3. The van der Waals surface area contributed by atoms with Crippen LogP contribution < -0.4 is 5.32 Å². The molecule has 18 heavy (non-hydrogen) atoms. The van der Waals surface area contributed by atoms with Crippen molar-refractivity contribution in [1.29, 1.82) is 0 Å². The highest BCUT2D eigenvalue weighted by Gasteiger charge is 2.36. The summed E-state index contributed by atoms with van der Waals surface area (Å²) in [6.07, 6.45) is 8.86. The van der Waals surface area contributed by atoms with Crippen molar-refractivity contribution in [2.45, 2.75) is 71.4 Å². The molecule has 0 aromatic carbocycles. The average Bonchev–Trinajstić information content (AvgIpc) is 2.20. The monoisotopic (exact) mass is 252 g/mol. The lowest BCUT2D eigenvalue weighted by atomic mass is 9.68. The van der Waals surface area contributed by atoms with Crippen molar-refractivity contribution >= 4 is 0 Å². The molecule has 0 aliphatic heterocycles. The first-order chi connectivity index (χ1) is 8.74. The van der Waals surface area contributed by atoms with Gasteiger partial charge in [0.25, 0.3) is 0 Å². The minimum absolute atomic E-state index is 0.649. The van der Waals surface area contributed by atoms with E-state index in [0.29, 0.717) is 6.04 Å². The summed E-state index contributed by atoms with van der Waals surface area (Å²) in [6.45, 7) is 10.5. The minimum atomic E-state index is 0.649. The van der Waals surface area contributed by atoms with Crippen LogP contribution >= 0.6 is 0 Å². The molecule has 2 aliphatic carbocycles. The van der Waals surface area contributed by atoms with Crippen LogP contribution in [-0.2, 0) is 0 Å². The number of rotatable bonds is 8. The highest BCUT2D eigenvalue weighted by molar-refractivity contribution is 4.92.